The Labute approximate surface area is 354 Å². The fourth-order valence-corrected chi connectivity index (χ4v) is 8.25. The number of nitrogens with one attached hydrogen (secondary N) is 1. The van der Waals surface area contributed by atoms with Gasteiger partial charge in [-0.3, -0.25) is 14.5 Å². The summed E-state index contributed by atoms with van der Waals surface area (Å²) in [5.41, 5.74) is 3.14. The largest absolute Gasteiger partial charge is 0.530 e. The summed E-state index contributed by atoms with van der Waals surface area (Å²) in [6.07, 6.45) is 7.77. The van der Waals surface area contributed by atoms with E-state index in [1.807, 2.05) is 42.8 Å². The van der Waals surface area contributed by atoms with Crippen molar-refractivity contribution in [1.82, 2.24) is 19.8 Å². The van der Waals surface area contributed by atoms with E-state index in [1.165, 1.54) is 24.1 Å². The molecule has 316 valence electrons. The maximum Gasteiger partial charge on any atom is 0.410 e. The number of amides is 3. The Morgan fingerprint density at radius 3 is 2.32 bits per heavy atom. The van der Waals surface area contributed by atoms with Crippen LogP contribution in [0.15, 0.2) is 54.7 Å². The molecular weight excluding hydrogens is 785 g/mol. The van der Waals surface area contributed by atoms with Crippen molar-refractivity contribution in [3.05, 3.63) is 88.0 Å². The first-order chi connectivity index (χ1) is 27.4. The first-order valence-corrected chi connectivity index (χ1v) is 23.4. The molecule has 0 radical (unpaired) electrons. The number of rotatable bonds is 12. The van der Waals surface area contributed by atoms with Crippen LogP contribution < -0.4 is 14.6 Å². The highest BCUT2D eigenvalue weighted by Gasteiger charge is 2.45. The van der Waals surface area contributed by atoms with E-state index in [9.17, 15) is 14.0 Å². The first kappa shape index (κ1) is 45.2. The zero-order valence-electron chi connectivity index (χ0n) is 36.5. The van der Waals surface area contributed by atoms with Crippen LogP contribution in [0.3, 0.4) is 0 Å². The highest BCUT2D eigenvalue weighted by Crippen LogP contribution is 2.45. The lowest BCUT2D eigenvalue weighted by Crippen LogP contribution is -2.56. The smallest absolute Gasteiger partial charge is 0.410 e. The van der Waals surface area contributed by atoms with Crippen molar-refractivity contribution in [2.75, 3.05) is 18.5 Å². The van der Waals surface area contributed by atoms with E-state index in [0.29, 0.717) is 28.7 Å². The lowest BCUT2D eigenvalue weighted by Gasteiger charge is -2.36. The number of benzene rings is 2. The molecule has 1 aliphatic rings. The number of aromatic nitrogens is 2. The first-order valence-electron chi connectivity index (χ1n) is 20.1. The molecule has 0 unspecified atom stereocenters. The van der Waals surface area contributed by atoms with E-state index in [1.54, 1.807) is 50.8 Å². The predicted molar refractivity (Wildman–Crippen MR) is 236 cm³/mol. The van der Waals surface area contributed by atoms with E-state index < -0.39 is 43.4 Å². The second-order valence-electron chi connectivity index (χ2n) is 18.7. The van der Waals surface area contributed by atoms with Gasteiger partial charge in [0.1, 0.15) is 23.5 Å². The molecule has 0 spiro atoms. The number of carbonyl (C=O) groups excluding carboxylic acids is 3. The second kappa shape index (κ2) is 17.0. The second-order valence-corrected chi connectivity index (χ2v) is 23.9. The van der Waals surface area contributed by atoms with Crippen molar-refractivity contribution in [1.29, 1.82) is 0 Å². The van der Waals surface area contributed by atoms with Crippen molar-refractivity contribution in [3.63, 3.8) is 0 Å². The van der Waals surface area contributed by atoms with Crippen LogP contribution >= 0.6 is 11.6 Å². The molecule has 1 aliphatic heterocycles. The molecule has 1 N–H and O–H groups in total. The van der Waals surface area contributed by atoms with Crippen molar-refractivity contribution >= 4 is 54.4 Å². The number of nitrogens with zero attached hydrogens (tertiary/aromatic N) is 4. The minimum Gasteiger partial charge on any atom is -0.530 e. The highest BCUT2D eigenvalue weighted by molar-refractivity contribution is 6.74. The molecule has 0 aliphatic carbocycles. The minimum atomic E-state index is -2.39. The topological polar surface area (TPSA) is 106 Å². The highest BCUT2D eigenvalue weighted by atomic mass is 35.5. The van der Waals surface area contributed by atoms with Crippen LogP contribution in [0.25, 0.3) is 10.9 Å². The van der Waals surface area contributed by atoms with E-state index in [0.717, 1.165) is 27.6 Å². The van der Waals surface area contributed by atoms with Crippen LogP contribution in [-0.4, -0.2) is 72.0 Å². The summed E-state index contributed by atoms with van der Waals surface area (Å²) in [7, 11) is -0.866. The summed E-state index contributed by atoms with van der Waals surface area (Å²) in [4.78, 5) is 50.9. The number of terminal acetylenes is 1. The normalized spacial score (nSPS) is 15.0. The maximum atomic E-state index is 15.3. The number of carbonyl (C=O) groups is 3. The fourth-order valence-electron chi connectivity index (χ4n) is 7.12. The Bertz CT molecular complexity index is 2270. The third-order valence-corrected chi connectivity index (χ3v) is 15.9. The van der Waals surface area contributed by atoms with Crippen molar-refractivity contribution < 1.29 is 27.9 Å². The summed E-state index contributed by atoms with van der Waals surface area (Å²) < 4.78 is 28.4. The molecule has 10 nitrogen and oxygen atoms in total. The number of likely N-dealkylation sites (N-methyl/N-ethyl adjacent to an activating group) is 1. The summed E-state index contributed by atoms with van der Waals surface area (Å²) in [6, 6.07) is 11.8. The Kier molecular flexibility index (Phi) is 13.0. The number of halogens is 2. The van der Waals surface area contributed by atoms with E-state index >= 15 is 4.79 Å². The van der Waals surface area contributed by atoms with Gasteiger partial charge in [0, 0.05) is 54.0 Å². The third-order valence-electron chi connectivity index (χ3n) is 11.3. The standard InChI is InChI=1S/C46H59ClFN5O5Si/c1-14-22-52-27-31(34-21-18-32(47)26-37(34)52)24-35(49-40(54)36(15-2)51(11)43(56)57-44(3,4)5)42(55)53-28-46(9,10)39-38(53)25-30(23-29-16-19-33(48)20-17-29)41(50-39)58-59(12,13)45(6,7)8/h1,16-21,25-27,35-36H,15,22-24,28H2,2-13H3,(H,49,54)/t35-,36-/m0/s1. The SMILES string of the molecule is C#CCn1cc(C[C@H](NC(=O)[C@H](CC)N(C)C(=O)OC(C)(C)C)C(=O)N2CC(C)(C)c3nc(O[Si](C)(C)C(C)(C)C)c(Cc4ccc(F)cc4)cc32)c2ccc(Cl)cc21. The van der Waals surface area contributed by atoms with Crippen LogP contribution in [0.4, 0.5) is 14.9 Å². The van der Waals surface area contributed by atoms with Gasteiger partial charge >= 0.3 is 6.09 Å². The maximum absolute atomic E-state index is 15.3. The van der Waals surface area contributed by atoms with Gasteiger partial charge in [0.2, 0.25) is 17.7 Å². The van der Waals surface area contributed by atoms with Gasteiger partial charge < -0.3 is 23.9 Å². The minimum absolute atomic E-state index is 0.113. The van der Waals surface area contributed by atoms with Gasteiger partial charge in [0.25, 0.3) is 8.32 Å². The number of hydrogen-bond donors (Lipinski definition) is 1. The molecule has 0 saturated carbocycles. The summed E-state index contributed by atoms with van der Waals surface area (Å²) >= 11 is 6.42. The zero-order valence-corrected chi connectivity index (χ0v) is 38.3. The average Bonchev–Trinajstić information content (AvgIpc) is 3.59. The molecule has 4 aromatic rings. The summed E-state index contributed by atoms with van der Waals surface area (Å²) in [5, 5.41) is 4.31. The molecular formula is C46H59ClFN5O5Si. The quantitative estimate of drug-likeness (QED) is 0.113. The number of hydrogen-bond acceptors (Lipinski definition) is 6. The molecule has 0 saturated heterocycles. The molecule has 13 heteroatoms. The van der Waals surface area contributed by atoms with Crippen LogP contribution in [0.2, 0.25) is 23.2 Å². The van der Waals surface area contributed by atoms with E-state index in [2.05, 4.69) is 45.1 Å². The Balaban J connectivity index is 1.62. The number of ether oxygens (including phenoxy) is 1. The molecule has 59 heavy (non-hydrogen) atoms. The van der Waals surface area contributed by atoms with E-state index in [4.69, 9.17) is 32.2 Å². The van der Waals surface area contributed by atoms with Crippen molar-refractivity contribution in [2.45, 2.75) is 129 Å². The van der Waals surface area contributed by atoms with Gasteiger partial charge in [0.05, 0.1) is 23.4 Å². The Morgan fingerprint density at radius 2 is 1.73 bits per heavy atom. The lowest BCUT2D eigenvalue weighted by molar-refractivity contribution is -0.130. The Hall–Kier alpha value is -4.86. The van der Waals surface area contributed by atoms with E-state index in [-0.39, 0.29) is 42.7 Å². The monoisotopic (exact) mass is 843 g/mol. The van der Waals surface area contributed by atoms with Crippen LogP contribution in [0.1, 0.15) is 91.1 Å². The van der Waals surface area contributed by atoms with Gasteiger partial charge in [-0.25, -0.2) is 14.2 Å². The average molecular weight is 845 g/mol. The number of pyridine rings is 1. The van der Waals surface area contributed by atoms with Gasteiger partial charge in [-0.1, -0.05) is 77.3 Å². The number of fused-ring (bicyclic) bond motifs is 2. The van der Waals surface area contributed by atoms with Crippen LogP contribution in [-0.2, 0) is 39.1 Å². The molecule has 2 aromatic heterocycles. The summed E-state index contributed by atoms with van der Waals surface area (Å²) in [5.74, 6) is 2.01. The van der Waals surface area contributed by atoms with Crippen LogP contribution in [0.5, 0.6) is 5.88 Å². The molecule has 2 atom stereocenters. The van der Waals surface area contributed by atoms with Crippen molar-refractivity contribution in [2.24, 2.45) is 0 Å². The molecule has 3 heterocycles. The number of anilines is 1. The molecule has 0 fully saturated rings. The third kappa shape index (κ3) is 10.1. The van der Waals surface area contributed by atoms with Gasteiger partial charge in [0.15, 0.2) is 0 Å². The molecule has 3 amide bonds. The molecule has 0 bridgehead atoms. The van der Waals surface area contributed by atoms with Gasteiger partial charge in [-0.2, -0.15) is 0 Å². The van der Waals surface area contributed by atoms with Gasteiger partial charge in [-0.15, -0.1) is 6.42 Å². The Morgan fingerprint density at radius 1 is 1.07 bits per heavy atom. The fraction of sp³-hybridized carbons (Fsp3) is 0.478. The zero-order chi connectivity index (χ0) is 43.8. The molecule has 2 aromatic carbocycles. The van der Waals surface area contributed by atoms with Crippen molar-refractivity contribution in [3.8, 4) is 18.2 Å². The van der Waals surface area contributed by atoms with Gasteiger partial charge in [-0.05, 0) is 86.8 Å². The van der Waals surface area contributed by atoms with Crippen LogP contribution in [0, 0.1) is 18.2 Å². The lowest BCUT2D eigenvalue weighted by atomic mass is 9.91. The molecule has 5 rings (SSSR count). The summed E-state index contributed by atoms with van der Waals surface area (Å²) in [6.45, 7) is 22.5. The predicted octanol–water partition coefficient (Wildman–Crippen LogP) is 9.43.